The number of H-pyrrole nitrogens is 1. The Morgan fingerprint density at radius 3 is 2.95 bits per heavy atom. The molecular formula is C13H21N5O. The molecule has 0 radical (unpaired) electrons. The largest absolute Gasteiger partial charge is 0.349 e. The van der Waals surface area contributed by atoms with E-state index < -0.39 is 0 Å². The van der Waals surface area contributed by atoms with Gasteiger partial charge in [0.05, 0.1) is 0 Å². The van der Waals surface area contributed by atoms with E-state index in [0.29, 0.717) is 18.2 Å². The molecule has 0 aromatic carbocycles. The number of hydrogen-bond acceptors (Lipinski definition) is 4. The lowest BCUT2D eigenvalue weighted by atomic mass is 10.2. The second-order valence-corrected chi connectivity index (χ2v) is 5.33. The molecule has 3 N–H and O–H groups in total. The maximum atomic E-state index is 11.9. The number of nitrogens with one attached hydrogen (secondary N) is 3. The topological polar surface area (TPSA) is 73.1 Å². The third-order valence-corrected chi connectivity index (χ3v) is 3.77. The molecule has 3 rings (SSSR count). The standard InChI is InChI=1S/C13H21N5O/c19-13(12-9-11(16-17-12)10-1-2-10)15-5-8-18-6-3-14-4-7-18/h9-10,14H,1-8H2,(H,15,19)(H,16,17). The van der Waals surface area contributed by atoms with Crippen molar-refractivity contribution in [2.75, 3.05) is 39.3 Å². The fraction of sp³-hybridized carbons (Fsp3) is 0.692. The van der Waals surface area contributed by atoms with Gasteiger partial charge < -0.3 is 10.6 Å². The average Bonchev–Trinajstić information content (AvgIpc) is 3.17. The van der Waals surface area contributed by atoms with Gasteiger partial charge >= 0.3 is 0 Å². The van der Waals surface area contributed by atoms with E-state index in [4.69, 9.17) is 0 Å². The van der Waals surface area contributed by atoms with E-state index in [9.17, 15) is 4.79 Å². The summed E-state index contributed by atoms with van der Waals surface area (Å²) in [4.78, 5) is 14.3. The first-order valence-corrected chi connectivity index (χ1v) is 7.09. The van der Waals surface area contributed by atoms with Gasteiger partial charge in [0.15, 0.2) is 0 Å². The summed E-state index contributed by atoms with van der Waals surface area (Å²) < 4.78 is 0. The number of carbonyl (C=O) groups is 1. The molecule has 0 atom stereocenters. The van der Waals surface area contributed by atoms with Gasteiger partial charge in [-0.3, -0.25) is 14.8 Å². The minimum atomic E-state index is -0.0710. The second kappa shape index (κ2) is 5.71. The molecule has 6 heteroatoms. The highest BCUT2D eigenvalue weighted by Crippen LogP contribution is 2.38. The summed E-state index contributed by atoms with van der Waals surface area (Å²) in [5.41, 5.74) is 1.62. The van der Waals surface area contributed by atoms with E-state index in [0.717, 1.165) is 38.4 Å². The smallest absolute Gasteiger partial charge is 0.271 e. The van der Waals surface area contributed by atoms with Gasteiger partial charge in [0.2, 0.25) is 0 Å². The lowest BCUT2D eigenvalue weighted by Gasteiger charge is -2.26. The highest BCUT2D eigenvalue weighted by Gasteiger charge is 2.26. The van der Waals surface area contributed by atoms with Crippen LogP contribution in [0.25, 0.3) is 0 Å². The zero-order valence-corrected chi connectivity index (χ0v) is 11.1. The van der Waals surface area contributed by atoms with Crippen LogP contribution in [0.1, 0.15) is 34.9 Å². The quantitative estimate of drug-likeness (QED) is 0.695. The molecule has 0 bridgehead atoms. The van der Waals surface area contributed by atoms with Crippen molar-refractivity contribution < 1.29 is 4.79 Å². The lowest BCUT2D eigenvalue weighted by molar-refractivity contribution is 0.0942. The molecule has 6 nitrogen and oxygen atoms in total. The molecule has 104 valence electrons. The van der Waals surface area contributed by atoms with Crippen molar-refractivity contribution >= 4 is 5.91 Å². The van der Waals surface area contributed by atoms with E-state index in [1.165, 1.54) is 12.8 Å². The van der Waals surface area contributed by atoms with Crippen LogP contribution in [0.15, 0.2) is 6.07 Å². The Morgan fingerprint density at radius 2 is 2.21 bits per heavy atom. The van der Waals surface area contributed by atoms with E-state index in [1.807, 2.05) is 6.07 Å². The average molecular weight is 263 g/mol. The molecular weight excluding hydrogens is 242 g/mol. The summed E-state index contributed by atoms with van der Waals surface area (Å²) >= 11 is 0. The van der Waals surface area contributed by atoms with Gasteiger partial charge in [-0.15, -0.1) is 0 Å². The summed E-state index contributed by atoms with van der Waals surface area (Å²) in [6.07, 6.45) is 2.43. The molecule has 0 spiro atoms. The number of aromatic nitrogens is 2. The van der Waals surface area contributed by atoms with Gasteiger partial charge in [-0.1, -0.05) is 0 Å². The van der Waals surface area contributed by atoms with Crippen molar-refractivity contribution in [1.29, 1.82) is 0 Å². The summed E-state index contributed by atoms with van der Waals surface area (Å²) in [6, 6.07) is 1.89. The minimum Gasteiger partial charge on any atom is -0.349 e. The first kappa shape index (κ1) is 12.6. The molecule has 2 aliphatic rings. The molecule has 1 aromatic rings. The number of hydrogen-bond donors (Lipinski definition) is 3. The van der Waals surface area contributed by atoms with E-state index in [1.54, 1.807) is 0 Å². The van der Waals surface area contributed by atoms with Crippen LogP contribution in [0.4, 0.5) is 0 Å². The molecule has 1 saturated heterocycles. The Morgan fingerprint density at radius 1 is 1.42 bits per heavy atom. The maximum Gasteiger partial charge on any atom is 0.271 e. The molecule has 1 aliphatic heterocycles. The zero-order chi connectivity index (χ0) is 13.1. The monoisotopic (exact) mass is 263 g/mol. The Kier molecular flexibility index (Phi) is 3.79. The number of carbonyl (C=O) groups excluding carboxylic acids is 1. The highest BCUT2D eigenvalue weighted by molar-refractivity contribution is 5.92. The van der Waals surface area contributed by atoms with Crippen LogP contribution in [0.2, 0.25) is 0 Å². The molecule has 1 aliphatic carbocycles. The van der Waals surface area contributed by atoms with Crippen LogP contribution in [-0.4, -0.2) is 60.3 Å². The van der Waals surface area contributed by atoms with Crippen LogP contribution >= 0.6 is 0 Å². The number of nitrogens with zero attached hydrogens (tertiary/aromatic N) is 2. The number of piperazine rings is 1. The van der Waals surface area contributed by atoms with Crippen molar-refractivity contribution in [3.05, 3.63) is 17.5 Å². The SMILES string of the molecule is O=C(NCCN1CCNCC1)c1cc(C2CC2)[nH]n1. The third-order valence-electron chi connectivity index (χ3n) is 3.77. The molecule has 2 heterocycles. The predicted molar refractivity (Wildman–Crippen MR) is 72.2 cm³/mol. The fourth-order valence-corrected chi connectivity index (χ4v) is 2.41. The maximum absolute atomic E-state index is 11.9. The second-order valence-electron chi connectivity index (χ2n) is 5.33. The van der Waals surface area contributed by atoms with Gasteiger partial charge in [0.25, 0.3) is 5.91 Å². The highest BCUT2D eigenvalue weighted by atomic mass is 16.1. The van der Waals surface area contributed by atoms with Crippen molar-refractivity contribution in [2.24, 2.45) is 0 Å². The molecule has 2 fully saturated rings. The minimum absolute atomic E-state index is 0.0710. The normalized spacial score (nSPS) is 20.4. The Bertz CT molecular complexity index is 434. The molecule has 1 aromatic heterocycles. The lowest BCUT2D eigenvalue weighted by Crippen LogP contribution is -2.46. The van der Waals surface area contributed by atoms with E-state index in [2.05, 4.69) is 25.7 Å². The molecule has 1 saturated carbocycles. The summed E-state index contributed by atoms with van der Waals surface area (Å²) in [7, 11) is 0. The Hall–Kier alpha value is -1.40. The van der Waals surface area contributed by atoms with Crippen molar-refractivity contribution in [3.8, 4) is 0 Å². The summed E-state index contributed by atoms with van der Waals surface area (Å²) in [5.74, 6) is 0.535. The molecule has 1 amide bonds. The Balaban J connectivity index is 1.42. The van der Waals surface area contributed by atoms with Crippen LogP contribution < -0.4 is 10.6 Å². The van der Waals surface area contributed by atoms with Gasteiger partial charge in [-0.05, 0) is 18.9 Å². The Labute approximate surface area is 112 Å². The van der Waals surface area contributed by atoms with Crippen LogP contribution in [0, 0.1) is 0 Å². The third kappa shape index (κ3) is 3.33. The van der Waals surface area contributed by atoms with Crippen LogP contribution in [0.3, 0.4) is 0 Å². The first-order valence-electron chi connectivity index (χ1n) is 7.09. The summed E-state index contributed by atoms with van der Waals surface area (Å²) in [5, 5.41) is 13.3. The fourth-order valence-electron chi connectivity index (χ4n) is 2.41. The van der Waals surface area contributed by atoms with Crippen LogP contribution in [0.5, 0.6) is 0 Å². The zero-order valence-electron chi connectivity index (χ0n) is 11.1. The molecule has 0 unspecified atom stereocenters. The summed E-state index contributed by atoms with van der Waals surface area (Å²) in [6.45, 7) is 5.79. The first-order chi connectivity index (χ1) is 9.33. The van der Waals surface area contributed by atoms with Crippen molar-refractivity contribution in [1.82, 2.24) is 25.7 Å². The number of amides is 1. The predicted octanol–water partition coefficient (Wildman–Crippen LogP) is -0.0779. The van der Waals surface area contributed by atoms with Gasteiger partial charge in [-0.2, -0.15) is 5.10 Å². The van der Waals surface area contributed by atoms with Crippen LogP contribution in [-0.2, 0) is 0 Å². The van der Waals surface area contributed by atoms with Crippen molar-refractivity contribution in [2.45, 2.75) is 18.8 Å². The molecule has 19 heavy (non-hydrogen) atoms. The van der Waals surface area contributed by atoms with Crippen molar-refractivity contribution in [3.63, 3.8) is 0 Å². The van der Waals surface area contributed by atoms with E-state index >= 15 is 0 Å². The van der Waals surface area contributed by atoms with E-state index in [-0.39, 0.29) is 5.91 Å². The number of aromatic amines is 1. The van der Waals surface area contributed by atoms with Gasteiger partial charge in [0, 0.05) is 50.9 Å². The van der Waals surface area contributed by atoms with Gasteiger partial charge in [-0.25, -0.2) is 0 Å². The van der Waals surface area contributed by atoms with Gasteiger partial charge in [0.1, 0.15) is 5.69 Å². The number of rotatable bonds is 5.